The summed E-state index contributed by atoms with van der Waals surface area (Å²) in [7, 11) is 0. The van der Waals surface area contributed by atoms with E-state index in [4.69, 9.17) is 4.74 Å². The zero-order chi connectivity index (χ0) is 15.2. The highest BCUT2D eigenvalue weighted by Gasteiger charge is 2.15. The molecular formula is C14H24N4O2. The van der Waals surface area contributed by atoms with Gasteiger partial charge in [0.2, 0.25) is 0 Å². The summed E-state index contributed by atoms with van der Waals surface area (Å²) in [5.41, 5.74) is 1.29. The zero-order valence-electron chi connectivity index (χ0n) is 12.9. The molecule has 1 aromatic rings. The molecule has 0 aliphatic heterocycles. The van der Waals surface area contributed by atoms with E-state index in [1.54, 1.807) is 6.20 Å². The molecule has 1 rings (SSSR count). The third-order valence-corrected chi connectivity index (χ3v) is 2.39. The Kier molecular flexibility index (Phi) is 5.73. The first-order chi connectivity index (χ1) is 9.28. The molecule has 0 saturated heterocycles. The average Bonchev–Trinajstić information content (AvgIpc) is 2.30. The maximum Gasteiger partial charge on any atom is 0.407 e. The van der Waals surface area contributed by atoms with Gasteiger partial charge < -0.3 is 15.4 Å². The van der Waals surface area contributed by atoms with Crippen LogP contribution in [0.5, 0.6) is 0 Å². The number of aryl methyl sites for hydroxylation is 2. The van der Waals surface area contributed by atoms with E-state index in [-0.39, 0.29) is 6.09 Å². The van der Waals surface area contributed by atoms with Crippen LogP contribution in [-0.4, -0.2) is 34.8 Å². The predicted octanol–water partition coefficient (Wildman–Crippen LogP) is 2.42. The lowest BCUT2D eigenvalue weighted by Crippen LogP contribution is -2.33. The van der Waals surface area contributed by atoms with Crippen molar-refractivity contribution in [3.8, 4) is 0 Å². The van der Waals surface area contributed by atoms with E-state index in [1.165, 1.54) is 0 Å². The number of amides is 1. The first kappa shape index (κ1) is 16.2. The van der Waals surface area contributed by atoms with Gasteiger partial charge in [-0.15, -0.1) is 0 Å². The Morgan fingerprint density at radius 2 is 2.00 bits per heavy atom. The van der Waals surface area contributed by atoms with Crippen LogP contribution in [0.4, 0.5) is 10.6 Å². The smallest absolute Gasteiger partial charge is 0.407 e. The maximum absolute atomic E-state index is 11.4. The highest BCUT2D eigenvalue weighted by Crippen LogP contribution is 2.08. The summed E-state index contributed by atoms with van der Waals surface area (Å²) < 4.78 is 5.14. The van der Waals surface area contributed by atoms with E-state index < -0.39 is 5.60 Å². The number of anilines is 1. The number of hydrogen-bond acceptors (Lipinski definition) is 5. The highest BCUT2D eigenvalue weighted by atomic mass is 16.6. The number of nitrogens with one attached hydrogen (secondary N) is 2. The van der Waals surface area contributed by atoms with Crippen molar-refractivity contribution in [3.63, 3.8) is 0 Å². The van der Waals surface area contributed by atoms with Gasteiger partial charge in [-0.2, -0.15) is 0 Å². The van der Waals surface area contributed by atoms with Crippen molar-refractivity contribution < 1.29 is 9.53 Å². The Hall–Kier alpha value is -1.85. The number of nitrogens with zero attached hydrogens (tertiary/aromatic N) is 2. The highest BCUT2D eigenvalue weighted by molar-refractivity contribution is 5.67. The fraction of sp³-hybridized carbons (Fsp3) is 0.643. The summed E-state index contributed by atoms with van der Waals surface area (Å²) in [5, 5.41) is 5.92. The van der Waals surface area contributed by atoms with Gasteiger partial charge in [-0.25, -0.2) is 9.78 Å². The molecule has 0 spiro atoms. The lowest BCUT2D eigenvalue weighted by molar-refractivity contribution is 0.0528. The molecule has 1 heterocycles. The minimum Gasteiger partial charge on any atom is -0.444 e. The molecular weight excluding hydrogens is 256 g/mol. The molecule has 2 N–H and O–H groups in total. The van der Waals surface area contributed by atoms with E-state index in [2.05, 4.69) is 20.6 Å². The Morgan fingerprint density at radius 3 is 2.65 bits per heavy atom. The molecule has 0 aliphatic carbocycles. The summed E-state index contributed by atoms with van der Waals surface area (Å²) in [6.45, 7) is 10.6. The van der Waals surface area contributed by atoms with E-state index >= 15 is 0 Å². The summed E-state index contributed by atoms with van der Waals surface area (Å²) in [5.74, 6) is 0.794. The minimum atomic E-state index is -0.462. The van der Waals surface area contributed by atoms with Crippen molar-refractivity contribution in [2.45, 2.75) is 46.6 Å². The summed E-state index contributed by atoms with van der Waals surface area (Å²) in [6.07, 6.45) is 2.14. The van der Waals surface area contributed by atoms with Crippen molar-refractivity contribution >= 4 is 11.9 Å². The lowest BCUT2D eigenvalue weighted by Gasteiger charge is -2.19. The van der Waals surface area contributed by atoms with Gasteiger partial charge in [-0.05, 0) is 41.0 Å². The quantitative estimate of drug-likeness (QED) is 0.810. The van der Waals surface area contributed by atoms with E-state index in [1.807, 2.05) is 34.6 Å². The summed E-state index contributed by atoms with van der Waals surface area (Å²) >= 11 is 0. The molecule has 0 bridgehead atoms. The number of carbonyl (C=O) groups excluding carboxylic acids is 1. The Bertz CT molecular complexity index is 455. The SMILES string of the molecule is Cc1cnc(C)c(NCCCNC(=O)OC(C)(C)C)n1. The fourth-order valence-electron chi connectivity index (χ4n) is 1.50. The van der Waals surface area contributed by atoms with Crippen molar-refractivity contribution in [1.82, 2.24) is 15.3 Å². The first-order valence-corrected chi connectivity index (χ1v) is 6.79. The molecule has 20 heavy (non-hydrogen) atoms. The molecule has 0 atom stereocenters. The molecule has 1 aromatic heterocycles. The van der Waals surface area contributed by atoms with Crippen molar-refractivity contribution in [2.75, 3.05) is 18.4 Å². The zero-order valence-corrected chi connectivity index (χ0v) is 12.9. The minimum absolute atomic E-state index is 0.385. The Balaban J connectivity index is 2.22. The lowest BCUT2D eigenvalue weighted by atomic mass is 10.2. The fourth-order valence-corrected chi connectivity index (χ4v) is 1.50. The first-order valence-electron chi connectivity index (χ1n) is 6.79. The normalized spacial score (nSPS) is 11.1. The summed E-state index contributed by atoms with van der Waals surface area (Å²) in [6, 6.07) is 0. The van der Waals surface area contributed by atoms with Gasteiger partial charge in [0.25, 0.3) is 0 Å². The van der Waals surface area contributed by atoms with Crippen molar-refractivity contribution in [2.24, 2.45) is 0 Å². The number of carbonyl (C=O) groups is 1. The second-order valence-electron chi connectivity index (χ2n) is 5.65. The number of ether oxygens (including phenoxy) is 1. The molecule has 6 heteroatoms. The average molecular weight is 280 g/mol. The monoisotopic (exact) mass is 280 g/mol. The van der Waals surface area contributed by atoms with Crippen LogP contribution in [0.1, 0.15) is 38.6 Å². The Labute approximate surface area is 120 Å². The third-order valence-electron chi connectivity index (χ3n) is 2.39. The van der Waals surface area contributed by atoms with Gasteiger partial charge in [0.1, 0.15) is 11.4 Å². The molecule has 0 radical (unpaired) electrons. The van der Waals surface area contributed by atoms with Crippen molar-refractivity contribution in [1.29, 1.82) is 0 Å². The van der Waals surface area contributed by atoms with Crippen LogP contribution in [-0.2, 0) is 4.74 Å². The number of alkyl carbamates (subject to hydrolysis) is 1. The number of rotatable bonds is 5. The van der Waals surface area contributed by atoms with E-state index in [0.717, 1.165) is 30.2 Å². The van der Waals surface area contributed by atoms with Crippen LogP contribution >= 0.6 is 0 Å². The van der Waals surface area contributed by atoms with Crippen LogP contribution < -0.4 is 10.6 Å². The van der Waals surface area contributed by atoms with Gasteiger partial charge in [0.15, 0.2) is 0 Å². The molecule has 6 nitrogen and oxygen atoms in total. The van der Waals surface area contributed by atoms with Gasteiger partial charge in [-0.3, -0.25) is 4.98 Å². The van der Waals surface area contributed by atoms with Crippen LogP contribution in [0.25, 0.3) is 0 Å². The second kappa shape index (κ2) is 7.07. The van der Waals surface area contributed by atoms with Crippen molar-refractivity contribution in [3.05, 3.63) is 17.6 Å². The van der Waals surface area contributed by atoms with Gasteiger partial charge in [-0.1, -0.05) is 0 Å². The molecule has 112 valence electrons. The molecule has 0 unspecified atom stereocenters. The molecule has 0 saturated carbocycles. The van der Waals surface area contributed by atoms with Crippen LogP contribution in [0.15, 0.2) is 6.20 Å². The topological polar surface area (TPSA) is 76.1 Å². The van der Waals surface area contributed by atoms with Gasteiger partial charge in [0.05, 0.1) is 11.4 Å². The van der Waals surface area contributed by atoms with E-state index in [0.29, 0.717) is 6.54 Å². The third kappa shape index (κ3) is 6.36. The number of aromatic nitrogens is 2. The van der Waals surface area contributed by atoms with Gasteiger partial charge in [0, 0.05) is 19.3 Å². The van der Waals surface area contributed by atoms with Gasteiger partial charge >= 0.3 is 6.09 Å². The molecule has 0 aliphatic rings. The van der Waals surface area contributed by atoms with E-state index in [9.17, 15) is 4.79 Å². The summed E-state index contributed by atoms with van der Waals surface area (Å²) in [4.78, 5) is 20.0. The largest absolute Gasteiger partial charge is 0.444 e. The molecule has 0 aromatic carbocycles. The molecule has 0 fully saturated rings. The molecule has 1 amide bonds. The van der Waals surface area contributed by atoms with Crippen LogP contribution in [0.2, 0.25) is 0 Å². The maximum atomic E-state index is 11.4. The predicted molar refractivity (Wildman–Crippen MR) is 78.8 cm³/mol. The van der Waals surface area contributed by atoms with Crippen LogP contribution in [0.3, 0.4) is 0 Å². The standard InChI is InChI=1S/C14H24N4O2/c1-10-9-17-11(2)12(18-10)15-7-6-8-16-13(19)20-14(3,4)5/h9H,6-8H2,1-5H3,(H,15,18)(H,16,19). The Morgan fingerprint density at radius 1 is 1.30 bits per heavy atom. The second-order valence-corrected chi connectivity index (χ2v) is 5.65. The number of hydrogen-bond donors (Lipinski definition) is 2. The van der Waals surface area contributed by atoms with Crippen LogP contribution in [0, 0.1) is 13.8 Å².